The molecule has 2 heterocycles. The minimum atomic E-state index is -3.57. The van der Waals surface area contributed by atoms with E-state index < -0.39 is 10.0 Å². The van der Waals surface area contributed by atoms with Gasteiger partial charge in [-0.25, -0.2) is 22.5 Å². The van der Waals surface area contributed by atoms with Gasteiger partial charge in [-0.05, 0) is 92.8 Å². The lowest BCUT2D eigenvalue weighted by atomic mass is 10.0. The van der Waals surface area contributed by atoms with Gasteiger partial charge in [0.2, 0.25) is 16.0 Å². The highest BCUT2D eigenvalue weighted by Crippen LogP contribution is 2.18. The van der Waals surface area contributed by atoms with Crippen LogP contribution in [-0.4, -0.2) is 49.0 Å². The van der Waals surface area contributed by atoms with E-state index in [1.54, 1.807) is 48.7 Å². The number of nitrogens with zero attached hydrogens (tertiary/aromatic N) is 3. The molecule has 8 nitrogen and oxygen atoms in total. The molecule has 1 saturated heterocycles. The molecule has 0 radical (unpaired) electrons. The third kappa shape index (κ3) is 8.21. The van der Waals surface area contributed by atoms with Gasteiger partial charge in [-0.2, -0.15) is 4.98 Å². The van der Waals surface area contributed by atoms with Crippen molar-refractivity contribution in [2.45, 2.75) is 50.6 Å². The summed E-state index contributed by atoms with van der Waals surface area (Å²) in [6, 6.07) is 14.5. The lowest BCUT2D eigenvalue weighted by molar-refractivity contribution is 0.198. The van der Waals surface area contributed by atoms with Crippen molar-refractivity contribution in [1.82, 2.24) is 19.6 Å². The summed E-state index contributed by atoms with van der Waals surface area (Å²) in [5.41, 5.74) is 1.62. The molecule has 0 saturated carbocycles. The lowest BCUT2D eigenvalue weighted by Gasteiger charge is -2.32. The largest absolute Gasteiger partial charge is 0.350 e. The molecule has 1 aliphatic rings. The van der Waals surface area contributed by atoms with Crippen molar-refractivity contribution < 1.29 is 12.8 Å². The van der Waals surface area contributed by atoms with Crippen molar-refractivity contribution in [3.05, 3.63) is 72.2 Å². The SMILES string of the molecule is CC(C)CCN1CCC(NS(=O)(=O)c2ccc(CNc3nccc(Nc4ccc(F)cc4)n3)cc2)CC1. The van der Waals surface area contributed by atoms with Crippen molar-refractivity contribution in [3.8, 4) is 0 Å². The van der Waals surface area contributed by atoms with E-state index in [4.69, 9.17) is 0 Å². The van der Waals surface area contributed by atoms with E-state index in [1.807, 2.05) is 0 Å². The Morgan fingerprint density at radius 3 is 2.41 bits per heavy atom. The lowest BCUT2D eigenvalue weighted by Crippen LogP contribution is -2.44. The third-order valence-corrected chi connectivity index (χ3v) is 7.92. The molecule has 1 fully saturated rings. The van der Waals surface area contributed by atoms with Gasteiger partial charge in [0.25, 0.3) is 0 Å². The second-order valence-electron chi connectivity index (χ2n) is 9.81. The fraction of sp³-hybridized carbons (Fsp3) is 0.407. The number of rotatable bonds is 11. The van der Waals surface area contributed by atoms with Crippen LogP contribution in [0.25, 0.3) is 0 Å². The molecule has 0 atom stereocenters. The second kappa shape index (κ2) is 12.4. The number of likely N-dealkylation sites (tertiary alicyclic amines) is 1. The second-order valence-corrected chi connectivity index (χ2v) is 11.5. The number of hydrogen-bond acceptors (Lipinski definition) is 7. The zero-order chi connectivity index (χ0) is 26.3. The van der Waals surface area contributed by atoms with Gasteiger partial charge in [-0.1, -0.05) is 26.0 Å². The highest BCUT2D eigenvalue weighted by molar-refractivity contribution is 7.89. The van der Waals surface area contributed by atoms with Gasteiger partial charge in [0.05, 0.1) is 4.90 Å². The molecule has 4 rings (SSSR count). The number of sulfonamides is 1. The first-order valence-electron chi connectivity index (χ1n) is 12.7. The molecule has 1 aromatic heterocycles. The van der Waals surface area contributed by atoms with E-state index >= 15 is 0 Å². The van der Waals surface area contributed by atoms with E-state index in [2.05, 4.69) is 44.1 Å². The van der Waals surface area contributed by atoms with Crippen molar-refractivity contribution in [1.29, 1.82) is 0 Å². The van der Waals surface area contributed by atoms with Gasteiger partial charge in [-0.3, -0.25) is 0 Å². The predicted molar refractivity (Wildman–Crippen MR) is 145 cm³/mol. The summed E-state index contributed by atoms with van der Waals surface area (Å²) < 4.78 is 41.8. The molecule has 3 aromatic rings. The number of halogens is 1. The first-order valence-corrected chi connectivity index (χ1v) is 14.2. The maximum absolute atomic E-state index is 13.1. The van der Waals surface area contributed by atoms with Crippen LogP contribution in [0.2, 0.25) is 0 Å². The average Bonchev–Trinajstić information content (AvgIpc) is 2.89. The average molecular weight is 527 g/mol. The maximum Gasteiger partial charge on any atom is 0.240 e. The number of piperidine rings is 1. The molecule has 198 valence electrons. The topological polar surface area (TPSA) is 99.3 Å². The van der Waals surface area contributed by atoms with Gasteiger partial charge >= 0.3 is 0 Å². The normalized spacial score (nSPS) is 15.1. The van der Waals surface area contributed by atoms with E-state index in [-0.39, 0.29) is 16.8 Å². The first-order chi connectivity index (χ1) is 17.8. The molecular weight excluding hydrogens is 491 g/mol. The van der Waals surface area contributed by atoms with Crippen LogP contribution in [0.15, 0.2) is 65.7 Å². The van der Waals surface area contributed by atoms with Crippen LogP contribution < -0.4 is 15.4 Å². The molecule has 0 bridgehead atoms. The van der Waals surface area contributed by atoms with Crippen LogP contribution in [0.1, 0.15) is 38.7 Å². The summed E-state index contributed by atoms with van der Waals surface area (Å²) in [4.78, 5) is 11.3. The Hall–Kier alpha value is -3.08. The van der Waals surface area contributed by atoms with Crippen molar-refractivity contribution >= 4 is 27.5 Å². The van der Waals surface area contributed by atoms with Crippen molar-refractivity contribution in [2.75, 3.05) is 30.3 Å². The smallest absolute Gasteiger partial charge is 0.240 e. The van der Waals surface area contributed by atoms with E-state index in [0.29, 0.717) is 29.9 Å². The molecule has 10 heteroatoms. The van der Waals surface area contributed by atoms with Gasteiger partial charge in [0.15, 0.2) is 0 Å². The minimum Gasteiger partial charge on any atom is -0.350 e. The Balaban J connectivity index is 1.27. The van der Waals surface area contributed by atoms with E-state index in [0.717, 1.165) is 38.0 Å². The molecule has 0 aliphatic carbocycles. The van der Waals surface area contributed by atoms with Crippen molar-refractivity contribution in [3.63, 3.8) is 0 Å². The van der Waals surface area contributed by atoms with Crippen LogP contribution in [0.4, 0.5) is 21.8 Å². The van der Waals surface area contributed by atoms with Gasteiger partial charge in [0, 0.05) is 24.5 Å². The molecule has 1 aliphatic heterocycles. The fourth-order valence-electron chi connectivity index (χ4n) is 4.16. The standard InChI is InChI=1S/C27H35FN6O2S/c1-20(2)12-16-34-17-13-24(14-18-34)33-37(35,36)25-9-3-21(4-10-25)19-30-27-29-15-11-26(32-27)31-23-7-5-22(28)6-8-23/h3-11,15,20,24,33H,12-14,16-19H2,1-2H3,(H2,29,30,31,32). The molecule has 3 N–H and O–H groups in total. The zero-order valence-electron chi connectivity index (χ0n) is 21.3. The number of anilines is 3. The Morgan fingerprint density at radius 2 is 1.73 bits per heavy atom. The number of hydrogen-bond donors (Lipinski definition) is 3. The molecule has 0 amide bonds. The number of nitrogens with one attached hydrogen (secondary N) is 3. The summed E-state index contributed by atoms with van der Waals surface area (Å²) in [5.74, 6) is 1.37. The van der Waals surface area contributed by atoms with Gasteiger partial charge in [-0.15, -0.1) is 0 Å². The molecule has 0 spiro atoms. The Labute approximate surface area is 218 Å². The highest BCUT2D eigenvalue weighted by atomic mass is 32.2. The monoisotopic (exact) mass is 526 g/mol. The Morgan fingerprint density at radius 1 is 1.03 bits per heavy atom. The molecular formula is C27H35FN6O2S. The fourth-order valence-corrected chi connectivity index (χ4v) is 5.47. The zero-order valence-corrected chi connectivity index (χ0v) is 22.1. The first kappa shape index (κ1) is 27.0. The van der Waals surface area contributed by atoms with Crippen LogP contribution in [0.3, 0.4) is 0 Å². The van der Waals surface area contributed by atoms with Gasteiger partial charge < -0.3 is 15.5 Å². The summed E-state index contributed by atoms with van der Waals surface area (Å²) in [6.07, 6.45) is 4.45. The third-order valence-electron chi connectivity index (χ3n) is 6.39. The number of aromatic nitrogens is 2. The molecule has 37 heavy (non-hydrogen) atoms. The van der Waals surface area contributed by atoms with Crippen molar-refractivity contribution in [2.24, 2.45) is 5.92 Å². The summed E-state index contributed by atoms with van der Waals surface area (Å²) in [7, 11) is -3.57. The van der Waals surface area contributed by atoms with Crippen LogP contribution >= 0.6 is 0 Å². The summed E-state index contributed by atoms with van der Waals surface area (Å²) in [6.45, 7) is 7.81. The summed E-state index contributed by atoms with van der Waals surface area (Å²) in [5, 5.41) is 6.26. The predicted octanol–water partition coefficient (Wildman–Crippen LogP) is 4.76. The Bertz CT molecular complexity index is 1240. The Kier molecular flexibility index (Phi) is 9.07. The van der Waals surface area contributed by atoms with E-state index in [9.17, 15) is 12.8 Å². The highest BCUT2D eigenvalue weighted by Gasteiger charge is 2.24. The maximum atomic E-state index is 13.1. The van der Waals surface area contributed by atoms with Crippen LogP contribution in [0, 0.1) is 11.7 Å². The minimum absolute atomic E-state index is 0.0328. The van der Waals surface area contributed by atoms with Gasteiger partial charge in [0.1, 0.15) is 11.6 Å². The van der Waals surface area contributed by atoms with Crippen LogP contribution in [0.5, 0.6) is 0 Å². The van der Waals surface area contributed by atoms with Crippen LogP contribution in [-0.2, 0) is 16.6 Å². The molecule has 0 unspecified atom stereocenters. The number of benzene rings is 2. The molecule has 2 aromatic carbocycles. The van der Waals surface area contributed by atoms with E-state index in [1.165, 1.54) is 18.6 Å². The summed E-state index contributed by atoms with van der Waals surface area (Å²) >= 11 is 0. The quantitative estimate of drug-likeness (QED) is 0.331.